The van der Waals surface area contributed by atoms with E-state index in [4.69, 9.17) is 14.2 Å². The van der Waals surface area contributed by atoms with Gasteiger partial charge >= 0.3 is 0 Å². The van der Waals surface area contributed by atoms with Crippen LogP contribution in [0.25, 0.3) is 0 Å². The minimum absolute atomic E-state index is 0.00761. The van der Waals surface area contributed by atoms with Crippen LogP contribution in [0.5, 0.6) is 11.5 Å². The Balaban J connectivity index is 1.01. The maximum absolute atomic E-state index is 12.7. The molecule has 0 unspecified atom stereocenters. The van der Waals surface area contributed by atoms with Gasteiger partial charge in [0.1, 0.15) is 24.2 Å². The first kappa shape index (κ1) is 34.0. The van der Waals surface area contributed by atoms with Crippen LogP contribution in [0.3, 0.4) is 0 Å². The molecule has 4 aromatic carbocycles. The van der Waals surface area contributed by atoms with Gasteiger partial charge in [-0.05, 0) is 129 Å². The Morgan fingerprint density at radius 3 is 2.27 bits per heavy atom. The lowest BCUT2D eigenvalue weighted by Gasteiger charge is -2.53. The van der Waals surface area contributed by atoms with Crippen LogP contribution in [0, 0.1) is 17.3 Å². The fourth-order valence-electron chi connectivity index (χ4n) is 9.83. The Morgan fingerprint density at radius 2 is 1.53 bits per heavy atom. The smallest absolute Gasteiger partial charge is 0.225 e. The van der Waals surface area contributed by atoms with E-state index >= 15 is 0 Å². The molecule has 2 saturated carbocycles. The van der Waals surface area contributed by atoms with Crippen molar-refractivity contribution in [3.05, 3.63) is 125 Å². The van der Waals surface area contributed by atoms with Gasteiger partial charge in [0, 0.05) is 30.0 Å². The van der Waals surface area contributed by atoms with E-state index in [1.54, 1.807) is 0 Å². The lowest BCUT2D eigenvalue weighted by Crippen LogP contribution is -2.52. The highest BCUT2D eigenvalue weighted by Crippen LogP contribution is 2.62. The number of carbonyl (C=O) groups excluding carboxylic acids is 1. The number of anilines is 1. The van der Waals surface area contributed by atoms with E-state index in [0.29, 0.717) is 37.4 Å². The first-order chi connectivity index (χ1) is 25.0. The molecule has 0 radical (unpaired) electrons. The highest BCUT2D eigenvalue weighted by molar-refractivity contribution is 5.90. The van der Waals surface area contributed by atoms with Gasteiger partial charge in [0.2, 0.25) is 5.91 Å². The number of hydrogen-bond acceptors (Lipinski definition) is 5. The Morgan fingerprint density at radius 1 is 0.824 bits per heavy atom. The van der Waals surface area contributed by atoms with E-state index in [1.807, 2.05) is 30.3 Å². The highest BCUT2D eigenvalue weighted by Gasteiger charge is 2.59. The lowest BCUT2D eigenvalue weighted by atomic mass is 9.54. The van der Waals surface area contributed by atoms with E-state index in [9.17, 15) is 4.79 Å². The molecular weight excluding hydrogens is 633 g/mol. The summed E-state index contributed by atoms with van der Waals surface area (Å²) in [5.74, 6) is 3.26. The predicted octanol–water partition coefficient (Wildman–Crippen LogP) is 9.19. The van der Waals surface area contributed by atoms with E-state index in [2.05, 4.69) is 89.9 Å². The largest absolute Gasteiger partial charge is 0.490 e. The first-order valence-electron chi connectivity index (χ1n) is 19.3. The van der Waals surface area contributed by atoms with Crippen LogP contribution in [0.15, 0.2) is 103 Å². The van der Waals surface area contributed by atoms with E-state index in [0.717, 1.165) is 62.5 Å². The number of fused-ring (bicyclic) bond motifs is 5. The number of nitrogens with zero attached hydrogens (tertiary/aromatic N) is 1. The highest BCUT2D eigenvalue weighted by atomic mass is 16.5. The summed E-state index contributed by atoms with van der Waals surface area (Å²) in [6.45, 7) is 6.73. The van der Waals surface area contributed by atoms with Crippen molar-refractivity contribution in [2.75, 3.05) is 25.0 Å². The van der Waals surface area contributed by atoms with Gasteiger partial charge in [-0.15, -0.1) is 0 Å². The molecule has 0 aromatic heterocycles. The Hall–Kier alpha value is -4.13. The van der Waals surface area contributed by atoms with Crippen LogP contribution in [0.4, 0.5) is 5.69 Å². The number of likely N-dealkylation sites (tertiary alicyclic amines) is 1. The van der Waals surface area contributed by atoms with Crippen LogP contribution in [-0.4, -0.2) is 42.6 Å². The summed E-state index contributed by atoms with van der Waals surface area (Å²) < 4.78 is 20.1. The molecule has 8 rings (SSSR count). The van der Waals surface area contributed by atoms with E-state index in [-0.39, 0.29) is 23.5 Å². The van der Waals surface area contributed by atoms with Crippen molar-refractivity contribution < 1.29 is 19.0 Å². The number of benzene rings is 4. The van der Waals surface area contributed by atoms with Gasteiger partial charge in [0.15, 0.2) is 0 Å². The topological polar surface area (TPSA) is 60.0 Å². The van der Waals surface area contributed by atoms with Crippen molar-refractivity contribution in [1.29, 1.82) is 0 Å². The molecule has 4 aromatic rings. The van der Waals surface area contributed by atoms with Gasteiger partial charge in [-0.2, -0.15) is 0 Å². The van der Waals surface area contributed by atoms with Gasteiger partial charge in [0.25, 0.3) is 0 Å². The zero-order valence-corrected chi connectivity index (χ0v) is 30.0. The molecule has 1 amide bonds. The fraction of sp³-hybridized carbons (Fsp3) is 0.444. The molecule has 1 heterocycles. The summed E-state index contributed by atoms with van der Waals surface area (Å²) in [5.41, 5.74) is 6.06. The van der Waals surface area contributed by atoms with Crippen molar-refractivity contribution in [1.82, 2.24) is 4.90 Å². The molecule has 51 heavy (non-hydrogen) atoms. The minimum atomic E-state index is 0.00761. The quantitative estimate of drug-likeness (QED) is 0.161. The summed E-state index contributed by atoms with van der Waals surface area (Å²) in [6, 6.07) is 35.7. The average molecular weight is 685 g/mol. The van der Waals surface area contributed by atoms with Crippen LogP contribution < -0.4 is 14.8 Å². The van der Waals surface area contributed by atoms with Crippen LogP contribution in [0.1, 0.15) is 80.0 Å². The van der Waals surface area contributed by atoms with Crippen molar-refractivity contribution >= 4 is 11.6 Å². The number of aryl methyl sites for hydroxylation is 1. The molecule has 4 aliphatic rings. The summed E-state index contributed by atoms with van der Waals surface area (Å²) in [4.78, 5) is 15.1. The summed E-state index contributed by atoms with van der Waals surface area (Å²) in [6.07, 6.45) is 8.64. The molecule has 6 heteroatoms. The van der Waals surface area contributed by atoms with Gasteiger partial charge in [-0.25, -0.2) is 0 Å². The van der Waals surface area contributed by atoms with Crippen molar-refractivity contribution in [3.8, 4) is 11.5 Å². The molecule has 1 N–H and O–H groups in total. The second-order valence-electron chi connectivity index (χ2n) is 15.6. The Kier molecular flexibility index (Phi) is 10.1. The molecule has 3 aliphatic carbocycles. The zero-order valence-electron chi connectivity index (χ0n) is 30.0. The second kappa shape index (κ2) is 15.2. The van der Waals surface area contributed by atoms with Crippen LogP contribution in [-0.2, 0) is 29.2 Å². The number of amides is 1. The molecule has 6 atom stereocenters. The number of carbonyl (C=O) groups is 1. The molecule has 0 spiro atoms. The maximum Gasteiger partial charge on any atom is 0.225 e. The molecular formula is C45H52N2O4. The van der Waals surface area contributed by atoms with Gasteiger partial charge in [-0.1, -0.05) is 73.7 Å². The second-order valence-corrected chi connectivity index (χ2v) is 15.6. The number of rotatable bonds is 12. The fourth-order valence-corrected chi connectivity index (χ4v) is 9.83. The van der Waals surface area contributed by atoms with Crippen LogP contribution in [0.2, 0.25) is 0 Å². The lowest BCUT2D eigenvalue weighted by molar-refractivity contribution is -0.116. The minimum Gasteiger partial charge on any atom is -0.490 e. The van der Waals surface area contributed by atoms with E-state index in [1.165, 1.54) is 41.5 Å². The Bertz CT molecular complexity index is 1760. The average Bonchev–Trinajstić information content (AvgIpc) is 3.81. The number of ether oxygens (including phenoxy) is 3. The zero-order chi connectivity index (χ0) is 34.6. The normalized spacial score (nSPS) is 26.9. The van der Waals surface area contributed by atoms with Crippen LogP contribution >= 0.6 is 0 Å². The first-order valence-corrected chi connectivity index (χ1v) is 19.3. The van der Waals surface area contributed by atoms with Crippen molar-refractivity contribution in [2.24, 2.45) is 17.3 Å². The van der Waals surface area contributed by atoms with Crippen molar-refractivity contribution in [3.63, 3.8) is 0 Å². The van der Waals surface area contributed by atoms with E-state index < -0.39 is 0 Å². The third-order valence-electron chi connectivity index (χ3n) is 12.4. The van der Waals surface area contributed by atoms with Crippen molar-refractivity contribution in [2.45, 2.75) is 89.6 Å². The molecule has 1 aliphatic heterocycles. The Labute approximate surface area is 303 Å². The van der Waals surface area contributed by atoms with Gasteiger partial charge < -0.3 is 24.4 Å². The molecule has 6 nitrogen and oxygen atoms in total. The molecule has 266 valence electrons. The third-order valence-corrected chi connectivity index (χ3v) is 12.4. The summed E-state index contributed by atoms with van der Waals surface area (Å²) in [7, 11) is 0. The number of nitrogens with one attached hydrogen (secondary N) is 1. The maximum atomic E-state index is 12.7. The molecule has 0 bridgehead atoms. The summed E-state index contributed by atoms with van der Waals surface area (Å²) >= 11 is 0. The molecule has 1 saturated heterocycles. The molecule has 3 fully saturated rings. The van der Waals surface area contributed by atoms with Gasteiger partial charge in [0.05, 0.1) is 12.7 Å². The monoisotopic (exact) mass is 684 g/mol. The van der Waals surface area contributed by atoms with Gasteiger partial charge in [-0.3, -0.25) is 4.79 Å². The summed E-state index contributed by atoms with van der Waals surface area (Å²) in [5, 5.41) is 3.10. The third kappa shape index (κ3) is 7.59. The standard InChI is InChI=1S/C45H52N2O4/c1-45-29-41(51-36-17-15-35(16-18-36)46-43(48)24-27-47-25-8-9-26-47)44-38-21-19-37(49-30-32-10-4-2-5-11-32)28-34(38)14-20-39(44)40(45)22-23-42(45)50-31-33-12-6-3-7-13-33/h2-7,10-13,15-19,21,28,39-42,44H,8-9,14,20,22-27,29-31H2,1H3,(H,46,48)/t39-,40-,41-,42-,44+,45-/m0/s1. The number of hydrogen-bond donors (Lipinski definition) is 1. The SMILES string of the molecule is C[C@]12C[C@H](Oc3ccc(NC(=O)CCN4CCCC4)cc3)[C@@H]3c4ccc(OCc5ccccc5)cc4CC[C@H]3[C@@H]1CC[C@@H]2OCc1ccccc1. The predicted molar refractivity (Wildman–Crippen MR) is 202 cm³/mol.